The molecule has 2 amide bonds. The number of hydrogen-bond donors (Lipinski definition) is 2. The van der Waals surface area contributed by atoms with Gasteiger partial charge in [0.1, 0.15) is 6.04 Å². The molecule has 7 nitrogen and oxygen atoms in total. The summed E-state index contributed by atoms with van der Waals surface area (Å²) in [4.78, 5) is 39.6. The van der Waals surface area contributed by atoms with E-state index < -0.39 is 17.9 Å². The zero-order chi connectivity index (χ0) is 26.8. The fourth-order valence-corrected chi connectivity index (χ4v) is 4.65. The minimum absolute atomic E-state index is 0.139. The summed E-state index contributed by atoms with van der Waals surface area (Å²) in [7, 11) is 0. The molecular weight excluding hydrogens is 486 g/mol. The van der Waals surface area contributed by atoms with Gasteiger partial charge in [0.2, 0.25) is 11.8 Å². The van der Waals surface area contributed by atoms with Crippen molar-refractivity contribution in [2.45, 2.75) is 58.4 Å². The van der Waals surface area contributed by atoms with Crippen LogP contribution in [0.15, 0.2) is 54.6 Å². The minimum Gasteiger partial charge on any atom is -0.466 e. The number of rotatable bonds is 10. The van der Waals surface area contributed by atoms with E-state index in [4.69, 9.17) is 17.0 Å². The molecule has 1 aliphatic heterocycles. The van der Waals surface area contributed by atoms with Crippen LogP contribution < -0.4 is 10.6 Å². The van der Waals surface area contributed by atoms with Gasteiger partial charge in [-0.1, -0.05) is 68.4 Å². The molecule has 2 aromatic rings. The second-order valence-corrected chi connectivity index (χ2v) is 10.3. The molecular formula is C29H37N3O4S. The number of benzene rings is 2. The molecule has 0 spiro atoms. The number of nitrogens with one attached hydrogen (secondary N) is 2. The van der Waals surface area contributed by atoms with E-state index in [1.807, 2.05) is 61.5 Å². The molecule has 37 heavy (non-hydrogen) atoms. The number of carbonyl (C=O) groups excluding carboxylic acids is 3. The van der Waals surface area contributed by atoms with Crippen LogP contribution in [-0.2, 0) is 32.0 Å². The van der Waals surface area contributed by atoms with Crippen molar-refractivity contribution >= 4 is 35.1 Å². The molecule has 0 radical (unpaired) electrons. The number of carbonyl (C=O) groups is 3. The Hall–Kier alpha value is -3.26. The summed E-state index contributed by atoms with van der Waals surface area (Å²) in [5.74, 6) is -0.889. The van der Waals surface area contributed by atoms with Crippen LogP contribution in [0.1, 0.15) is 56.2 Å². The Morgan fingerprint density at radius 1 is 1.08 bits per heavy atom. The summed E-state index contributed by atoms with van der Waals surface area (Å²) < 4.78 is 5.38. The Kier molecular flexibility index (Phi) is 10.6. The SMILES string of the molecule is CC(C)Cc1ccc(C(C)C(=O)NC(=S)N2CCNC(=O)C2CC(=O)OCCCc2ccccc2)cc1. The topological polar surface area (TPSA) is 87.7 Å². The highest BCUT2D eigenvalue weighted by atomic mass is 32.1. The molecule has 2 N–H and O–H groups in total. The van der Waals surface area contributed by atoms with E-state index in [1.54, 1.807) is 4.90 Å². The van der Waals surface area contributed by atoms with Crippen LogP contribution >= 0.6 is 12.2 Å². The molecule has 0 aliphatic carbocycles. The Morgan fingerprint density at radius 3 is 2.46 bits per heavy atom. The minimum atomic E-state index is -0.825. The van der Waals surface area contributed by atoms with E-state index in [9.17, 15) is 14.4 Å². The van der Waals surface area contributed by atoms with Gasteiger partial charge in [0.25, 0.3) is 0 Å². The first-order chi connectivity index (χ1) is 17.7. The van der Waals surface area contributed by atoms with E-state index in [0.717, 1.165) is 18.4 Å². The number of nitrogens with zero attached hydrogens (tertiary/aromatic N) is 1. The number of piperazine rings is 1. The second-order valence-electron chi connectivity index (χ2n) is 9.87. The van der Waals surface area contributed by atoms with E-state index in [0.29, 0.717) is 25.4 Å². The number of thiocarbonyl (C=S) groups is 1. The summed E-state index contributed by atoms with van der Waals surface area (Å²) in [6.45, 7) is 7.22. The number of hydrogen-bond acceptors (Lipinski definition) is 5. The van der Waals surface area contributed by atoms with Crippen molar-refractivity contribution in [3.05, 3.63) is 71.3 Å². The van der Waals surface area contributed by atoms with Gasteiger partial charge in [-0.25, -0.2) is 0 Å². The monoisotopic (exact) mass is 523 g/mol. The maximum absolute atomic E-state index is 12.9. The lowest BCUT2D eigenvalue weighted by molar-refractivity contribution is -0.147. The van der Waals surface area contributed by atoms with Gasteiger partial charge in [0, 0.05) is 13.1 Å². The summed E-state index contributed by atoms with van der Waals surface area (Å²) in [6.07, 6.45) is 2.35. The van der Waals surface area contributed by atoms with Gasteiger partial charge in [-0.05, 0) is 61.0 Å². The Bertz CT molecular complexity index is 1070. The van der Waals surface area contributed by atoms with Crippen LogP contribution in [0, 0.1) is 5.92 Å². The molecule has 1 heterocycles. The largest absolute Gasteiger partial charge is 0.466 e. The molecule has 0 aromatic heterocycles. The lowest BCUT2D eigenvalue weighted by atomic mass is 9.96. The highest BCUT2D eigenvalue weighted by Gasteiger charge is 2.34. The van der Waals surface area contributed by atoms with Gasteiger partial charge >= 0.3 is 5.97 Å². The van der Waals surface area contributed by atoms with E-state index in [1.165, 1.54) is 11.1 Å². The van der Waals surface area contributed by atoms with Crippen LogP contribution in [0.3, 0.4) is 0 Å². The molecule has 2 atom stereocenters. The Labute approximate surface area is 225 Å². The third-order valence-corrected chi connectivity index (χ3v) is 6.75. The average molecular weight is 524 g/mol. The quantitative estimate of drug-likeness (QED) is 0.280. The number of amides is 2. The van der Waals surface area contributed by atoms with Gasteiger partial charge in [-0.15, -0.1) is 0 Å². The van der Waals surface area contributed by atoms with Crippen molar-refractivity contribution in [2.24, 2.45) is 5.92 Å². The lowest BCUT2D eigenvalue weighted by Crippen LogP contribution is -2.60. The fourth-order valence-electron chi connectivity index (χ4n) is 4.34. The molecule has 198 valence electrons. The van der Waals surface area contributed by atoms with Gasteiger partial charge in [0.05, 0.1) is 18.9 Å². The third kappa shape index (κ3) is 8.67. The zero-order valence-corrected chi connectivity index (χ0v) is 22.7. The van der Waals surface area contributed by atoms with Crippen molar-refractivity contribution in [3.8, 4) is 0 Å². The van der Waals surface area contributed by atoms with Crippen molar-refractivity contribution in [1.82, 2.24) is 15.5 Å². The standard InChI is InChI=1S/C29H37N3O4S/c1-20(2)18-23-11-13-24(14-12-23)21(3)27(34)31-29(37)32-16-15-30-28(35)25(32)19-26(33)36-17-7-10-22-8-5-4-6-9-22/h4-6,8-9,11-14,20-21,25H,7,10,15-19H2,1-3H3,(H,30,35)(H,31,34,37). The van der Waals surface area contributed by atoms with E-state index in [2.05, 4.69) is 24.5 Å². The molecule has 1 fully saturated rings. The lowest BCUT2D eigenvalue weighted by Gasteiger charge is -2.36. The highest BCUT2D eigenvalue weighted by Crippen LogP contribution is 2.19. The molecule has 1 saturated heterocycles. The number of esters is 1. The molecule has 0 saturated carbocycles. The molecule has 8 heteroatoms. The maximum Gasteiger partial charge on any atom is 0.308 e. The first-order valence-corrected chi connectivity index (χ1v) is 13.3. The molecule has 1 aliphatic rings. The molecule has 2 unspecified atom stereocenters. The Morgan fingerprint density at radius 2 is 1.78 bits per heavy atom. The Balaban J connectivity index is 1.52. The molecule has 0 bridgehead atoms. The first kappa shape index (κ1) is 28.3. The van der Waals surface area contributed by atoms with Crippen LogP contribution in [0.25, 0.3) is 0 Å². The smallest absolute Gasteiger partial charge is 0.308 e. The van der Waals surface area contributed by atoms with Gasteiger partial charge in [-0.2, -0.15) is 0 Å². The summed E-state index contributed by atoms with van der Waals surface area (Å²) in [5.41, 5.74) is 3.30. The highest BCUT2D eigenvalue weighted by molar-refractivity contribution is 7.80. The third-order valence-electron chi connectivity index (χ3n) is 6.41. The van der Waals surface area contributed by atoms with Crippen molar-refractivity contribution in [1.29, 1.82) is 0 Å². The van der Waals surface area contributed by atoms with Crippen LogP contribution in [-0.4, -0.2) is 53.5 Å². The first-order valence-electron chi connectivity index (χ1n) is 12.9. The van der Waals surface area contributed by atoms with Crippen LogP contribution in [0.4, 0.5) is 0 Å². The van der Waals surface area contributed by atoms with Crippen LogP contribution in [0.5, 0.6) is 0 Å². The van der Waals surface area contributed by atoms with Crippen molar-refractivity contribution in [3.63, 3.8) is 0 Å². The van der Waals surface area contributed by atoms with Gasteiger partial charge in [-0.3, -0.25) is 14.4 Å². The average Bonchev–Trinajstić information content (AvgIpc) is 2.88. The number of ether oxygens (including phenoxy) is 1. The van der Waals surface area contributed by atoms with E-state index in [-0.39, 0.29) is 30.0 Å². The predicted molar refractivity (Wildman–Crippen MR) is 148 cm³/mol. The summed E-state index contributed by atoms with van der Waals surface area (Å²) in [5, 5.41) is 5.69. The van der Waals surface area contributed by atoms with Crippen LogP contribution in [0.2, 0.25) is 0 Å². The zero-order valence-electron chi connectivity index (χ0n) is 21.9. The normalized spacial score (nSPS) is 16.2. The molecule has 2 aromatic carbocycles. The summed E-state index contributed by atoms with van der Waals surface area (Å²) in [6, 6.07) is 17.2. The van der Waals surface area contributed by atoms with Gasteiger partial charge < -0.3 is 20.3 Å². The van der Waals surface area contributed by atoms with Gasteiger partial charge in [0.15, 0.2) is 5.11 Å². The van der Waals surface area contributed by atoms with Crippen molar-refractivity contribution in [2.75, 3.05) is 19.7 Å². The second kappa shape index (κ2) is 13.9. The van der Waals surface area contributed by atoms with Crippen molar-refractivity contribution < 1.29 is 19.1 Å². The molecule has 3 rings (SSSR count). The van der Waals surface area contributed by atoms with E-state index >= 15 is 0 Å². The summed E-state index contributed by atoms with van der Waals surface area (Å²) >= 11 is 5.49. The predicted octanol–water partition coefficient (Wildman–Crippen LogP) is 3.76. The number of aryl methyl sites for hydroxylation is 1. The maximum atomic E-state index is 12.9. The fraction of sp³-hybridized carbons (Fsp3) is 0.448.